The molecule has 7 heteroatoms. The Labute approximate surface area is 181 Å². The summed E-state index contributed by atoms with van der Waals surface area (Å²) in [6, 6.07) is 22.4. The van der Waals surface area contributed by atoms with Crippen molar-refractivity contribution in [2.45, 2.75) is 16.7 Å². The summed E-state index contributed by atoms with van der Waals surface area (Å²) in [5.74, 6) is 0. The summed E-state index contributed by atoms with van der Waals surface area (Å²) in [6.07, 6.45) is 1.87. The van der Waals surface area contributed by atoms with E-state index >= 15 is 0 Å². The average molecular weight is 424 g/mol. The van der Waals surface area contributed by atoms with Gasteiger partial charge in [-0.1, -0.05) is 47.7 Å². The van der Waals surface area contributed by atoms with Gasteiger partial charge in [-0.2, -0.15) is 10.2 Å². The van der Waals surface area contributed by atoms with Crippen molar-refractivity contribution >= 4 is 34.0 Å². The number of H-pyrrole nitrogens is 1. The Bertz CT molecular complexity index is 1520. The monoisotopic (exact) mass is 423 g/mol. The van der Waals surface area contributed by atoms with Crippen molar-refractivity contribution in [3.8, 4) is 16.9 Å². The molecule has 0 bridgehead atoms. The third-order valence-electron chi connectivity index (χ3n) is 5.38. The first-order chi connectivity index (χ1) is 15.2. The van der Waals surface area contributed by atoms with E-state index in [-0.39, 0.29) is 5.56 Å². The van der Waals surface area contributed by atoms with Crippen LogP contribution < -0.4 is 10.9 Å². The van der Waals surface area contributed by atoms with Crippen LogP contribution in [0.4, 0.5) is 11.4 Å². The Balaban J connectivity index is 1.47. The van der Waals surface area contributed by atoms with Crippen LogP contribution in [0.3, 0.4) is 0 Å². The van der Waals surface area contributed by atoms with Gasteiger partial charge in [-0.05, 0) is 43.3 Å². The van der Waals surface area contributed by atoms with Crippen molar-refractivity contribution in [2.75, 3.05) is 5.32 Å². The number of nitrogens with one attached hydrogen (secondary N) is 2. The van der Waals surface area contributed by atoms with E-state index in [1.54, 1.807) is 16.4 Å². The Hall–Kier alpha value is -3.84. The SMILES string of the molecule is Cc1ccc(-n2cc3c(-c4ccc5c(c4)Nc4ccccc4S5)n[nH]c(=O)c3n2)cc1. The van der Waals surface area contributed by atoms with Crippen LogP contribution in [-0.4, -0.2) is 20.0 Å². The van der Waals surface area contributed by atoms with E-state index < -0.39 is 0 Å². The molecule has 0 radical (unpaired) electrons. The summed E-state index contributed by atoms with van der Waals surface area (Å²) in [6.45, 7) is 2.04. The second-order valence-corrected chi connectivity index (χ2v) is 8.59. The molecule has 150 valence electrons. The number of aryl methyl sites for hydroxylation is 1. The van der Waals surface area contributed by atoms with Crippen LogP contribution in [0.2, 0.25) is 0 Å². The van der Waals surface area contributed by atoms with Crippen LogP contribution in [-0.2, 0) is 0 Å². The topological polar surface area (TPSA) is 75.6 Å². The Morgan fingerprint density at radius 3 is 2.61 bits per heavy atom. The van der Waals surface area contributed by atoms with Crippen molar-refractivity contribution in [3.63, 3.8) is 0 Å². The highest BCUT2D eigenvalue weighted by molar-refractivity contribution is 7.99. The van der Waals surface area contributed by atoms with E-state index in [1.165, 1.54) is 10.5 Å². The molecule has 6 rings (SSSR count). The van der Waals surface area contributed by atoms with Crippen molar-refractivity contribution < 1.29 is 0 Å². The van der Waals surface area contributed by atoms with Crippen LogP contribution in [0.15, 0.2) is 87.5 Å². The van der Waals surface area contributed by atoms with E-state index in [1.807, 2.05) is 55.6 Å². The Morgan fingerprint density at radius 1 is 0.935 bits per heavy atom. The molecule has 5 aromatic rings. The lowest BCUT2D eigenvalue weighted by molar-refractivity contribution is 0.890. The van der Waals surface area contributed by atoms with Gasteiger partial charge in [0.25, 0.3) is 5.56 Å². The molecule has 0 spiro atoms. The molecule has 1 aliphatic heterocycles. The first-order valence-electron chi connectivity index (χ1n) is 9.89. The normalized spacial score (nSPS) is 12.3. The molecule has 2 N–H and O–H groups in total. The molecule has 3 aromatic carbocycles. The van der Waals surface area contributed by atoms with Gasteiger partial charge < -0.3 is 5.32 Å². The molecule has 31 heavy (non-hydrogen) atoms. The minimum atomic E-state index is -0.301. The molecule has 3 heterocycles. The number of anilines is 2. The second kappa shape index (κ2) is 6.85. The molecule has 0 fully saturated rings. The number of benzene rings is 3. The number of aromatic amines is 1. The molecule has 0 atom stereocenters. The predicted molar refractivity (Wildman–Crippen MR) is 124 cm³/mol. The van der Waals surface area contributed by atoms with Crippen LogP contribution >= 0.6 is 11.8 Å². The third-order valence-corrected chi connectivity index (χ3v) is 6.53. The smallest absolute Gasteiger partial charge is 0.292 e. The van der Waals surface area contributed by atoms with Gasteiger partial charge in [0.15, 0.2) is 5.52 Å². The van der Waals surface area contributed by atoms with Gasteiger partial charge in [-0.3, -0.25) is 4.79 Å². The second-order valence-electron chi connectivity index (χ2n) is 7.51. The minimum absolute atomic E-state index is 0.301. The standard InChI is InChI=1S/C24H17N5OS/c1-14-6-9-16(10-7-14)29-13-17-22(26-27-24(30)23(17)28-29)15-8-11-21-19(12-15)25-18-4-2-3-5-20(18)31-21/h2-13,25H,1H3,(H,27,30). The molecule has 6 nitrogen and oxygen atoms in total. The summed E-state index contributed by atoms with van der Waals surface area (Å²) in [7, 11) is 0. The maximum Gasteiger partial charge on any atom is 0.292 e. The molecule has 1 aliphatic rings. The van der Waals surface area contributed by atoms with E-state index in [4.69, 9.17) is 0 Å². The maximum absolute atomic E-state index is 12.4. The Kier molecular flexibility index (Phi) is 3.97. The first-order valence-corrected chi connectivity index (χ1v) is 10.7. The van der Waals surface area contributed by atoms with E-state index in [2.05, 4.69) is 44.9 Å². The van der Waals surface area contributed by atoms with Crippen molar-refractivity contribution in [2.24, 2.45) is 0 Å². The summed E-state index contributed by atoms with van der Waals surface area (Å²) >= 11 is 1.74. The fourth-order valence-corrected chi connectivity index (χ4v) is 4.74. The van der Waals surface area contributed by atoms with Crippen molar-refractivity contribution in [3.05, 3.63) is 88.8 Å². The predicted octanol–water partition coefficient (Wildman–Crippen LogP) is 5.29. The number of aromatic nitrogens is 4. The number of para-hydroxylation sites is 1. The van der Waals surface area contributed by atoms with Gasteiger partial charge in [0.1, 0.15) is 5.69 Å². The van der Waals surface area contributed by atoms with Gasteiger partial charge in [-0.15, -0.1) is 0 Å². The largest absolute Gasteiger partial charge is 0.354 e. The van der Waals surface area contributed by atoms with Gasteiger partial charge in [0.2, 0.25) is 0 Å². The molecular formula is C24H17N5OS. The molecule has 2 aromatic heterocycles. The average Bonchev–Trinajstić information content (AvgIpc) is 3.24. The third kappa shape index (κ3) is 3.02. The highest BCUT2D eigenvalue weighted by Gasteiger charge is 2.18. The quantitative estimate of drug-likeness (QED) is 0.396. The van der Waals surface area contributed by atoms with Crippen molar-refractivity contribution in [1.29, 1.82) is 0 Å². The van der Waals surface area contributed by atoms with E-state index in [0.29, 0.717) is 16.6 Å². The van der Waals surface area contributed by atoms with E-state index in [0.717, 1.165) is 27.5 Å². The number of rotatable bonds is 2. The first kappa shape index (κ1) is 18.0. The van der Waals surface area contributed by atoms with Crippen LogP contribution in [0.5, 0.6) is 0 Å². The number of fused-ring (bicyclic) bond motifs is 3. The number of hydrogen-bond donors (Lipinski definition) is 2. The zero-order chi connectivity index (χ0) is 20.9. The molecular weight excluding hydrogens is 406 g/mol. The van der Waals surface area contributed by atoms with Gasteiger partial charge in [0.05, 0.1) is 22.4 Å². The van der Waals surface area contributed by atoms with Gasteiger partial charge >= 0.3 is 0 Å². The highest BCUT2D eigenvalue weighted by atomic mass is 32.2. The summed E-state index contributed by atoms with van der Waals surface area (Å²) in [5, 5.41) is 15.7. The van der Waals surface area contributed by atoms with Gasteiger partial charge in [-0.25, -0.2) is 9.78 Å². The summed E-state index contributed by atoms with van der Waals surface area (Å²) in [5.41, 5.74) is 5.85. The lowest BCUT2D eigenvalue weighted by Crippen LogP contribution is -2.09. The fourth-order valence-electron chi connectivity index (χ4n) is 3.77. The minimum Gasteiger partial charge on any atom is -0.354 e. The van der Waals surface area contributed by atoms with E-state index in [9.17, 15) is 4.79 Å². The number of nitrogens with zero attached hydrogens (tertiary/aromatic N) is 3. The Morgan fingerprint density at radius 2 is 1.74 bits per heavy atom. The molecule has 0 saturated carbocycles. The fraction of sp³-hybridized carbons (Fsp3) is 0.0417. The summed E-state index contributed by atoms with van der Waals surface area (Å²) in [4.78, 5) is 14.8. The van der Waals surface area contributed by atoms with Crippen molar-refractivity contribution in [1.82, 2.24) is 20.0 Å². The van der Waals surface area contributed by atoms with Crippen LogP contribution in [0, 0.1) is 6.92 Å². The number of hydrogen-bond acceptors (Lipinski definition) is 5. The maximum atomic E-state index is 12.4. The summed E-state index contributed by atoms with van der Waals surface area (Å²) < 4.78 is 1.73. The lowest BCUT2D eigenvalue weighted by Gasteiger charge is -2.21. The molecule has 0 saturated heterocycles. The molecule has 0 amide bonds. The van der Waals surface area contributed by atoms with Crippen LogP contribution in [0.1, 0.15) is 5.56 Å². The molecule has 0 aliphatic carbocycles. The van der Waals surface area contributed by atoms with Gasteiger partial charge in [0, 0.05) is 21.6 Å². The van der Waals surface area contributed by atoms with Crippen LogP contribution in [0.25, 0.3) is 27.8 Å². The zero-order valence-electron chi connectivity index (χ0n) is 16.6. The lowest BCUT2D eigenvalue weighted by atomic mass is 10.1. The molecule has 0 unspecified atom stereocenters. The highest BCUT2D eigenvalue weighted by Crippen LogP contribution is 2.45. The zero-order valence-corrected chi connectivity index (χ0v) is 17.4.